The van der Waals surface area contributed by atoms with Crippen molar-refractivity contribution in [2.24, 2.45) is 0 Å². The molecule has 0 aliphatic rings. The van der Waals surface area contributed by atoms with Gasteiger partial charge in [0.05, 0.1) is 5.69 Å². The van der Waals surface area contributed by atoms with E-state index in [1.54, 1.807) is 24.3 Å². The van der Waals surface area contributed by atoms with Crippen LogP contribution in [0.25, 0.3) is 6.08 Å². The molecule has 0 bridgehead atoms. The fourth-order valence-electron chi connectivity index (χ4n) is 1.94. The van der Waals surface area contributed by atoms with Gasteiger partial charge >= 0.3 is 6.09 Å². The minimum atomic E-state index is -0.475. The van der Waals surface area contributed by atoms with E-state index in [0.29, 0.717) is 18.5 Å². The van der Waals surface area contributed by atoms with E-state index >= 15 is 0 Å². The molecule has 5 heteroatoms. The van der Waals surface area contributed by atoms with E-state index in [9.17, 15) is 9.18 Å². The van der Waals surface area contributed by atoms with Crippen LogP contribution in [0.1, 0.15) is 17.5 Å². The number of nitrogens with two attached hydrogens (primary N) is 1. The van der Waals surface area contributed by atoms with E-state index in [-0.39, 0.29) is 12.3 Å². The molecule has 0 fully saturated rings. The molecular formula is C18H19FN2O2. The number of carbonyl (C=O) groups is 1. The first-order valence-corrected chi connectivity index (χ1v) is 7.32. The summed E-state index contributed by atoms with van der Waals surface area (Å²) < 4.78 is 18.7. The largest absolute Gasteiger partial charge is 0.445 e. The number of nitrogens with one attached hydrogen (secondary N) is 1. The number of halogens is 1. The van der Waals surface area contributed by atoms with Crippen molar-refractivity contribution in [1.29, 1.82) is 0 Å². The quantitative estimate of drug-likeness (QED) is 0.630. The van der Waals surface area contributed by atoms with Crippen molar-refractivity contribution in [3.8, 4) is 0 Å². The Hall–Kier alpha value is -2.82. The summed E-state index contributed by atoms with van der Waals surface area (Å²) in [5.41, 5.74) is 6.97. The molecule has 2 aromatic carbocycles. The van der Waals surface area contributed by atoms with Crippen molar-refractivity contribution < 1.29 is 13.9 Å². The number of rotatable bonds is 6. The molecule has 2 aromatic rings. The molecule has 0 aliphatic carbocycles. The SMILES string of the molecule is Nc1cccc(C=CCCNC(=O)OCc2ccccc2)c1F. The van der Waals surface area contributed by atoms with Crippen LogP contribution in [0.15, 0.2) is 54.6 Å². The second kappa shape index (κ2) is 8.58. The molecule has 0 unspecified atom stereocenters. The zero-order chi connectivity index (χ0) is 16.5. The van der Waals surface area contributed by atoms with Gasteiger partial charge in [-0.15, -0.1) is 0 Å². The van der Waals surface area contributed by atoms with Gasteiger partial charge in [-0.05, 0) is 18.1 Å². The topological polar surface area (TPSA) is 64.3 Å². The summed E-state index contributed by atoms with van der Waals surface area (Å²) in [4.78, 5) is 11.5. The van der Waals surface area contributed by atoms with Crippen LogP contribution in [-0.4, -0.2) is 12.6 Å². The number of hydrogen-bond acceptors (Lipinski definition) is 3. The van der Waals surface area contributed by atoms with E-state index in [2.05, 4.69) is 5.32 Å². The smallest absolute Gasteiger partial charge is 0.407 e. The lowest BCUT2D eigenvalue weighted by atomic mass is 10.1. The van der Waals surface area contributed by atoms with Crippen LogP contribution >= 0.6 is 0 Å². The Morgan fingerprint density at radius 2 is 1.96 bits per heavy atom. The van der Waals surface area contributed by atoms with Crippen LogP contribution < -0.4 is 11.1 Å². The lowest BCUT2D eigenvalue weighted by Crippen LogP contribution is -2.24. The Labute approximate surface area is 134 Å². The van der Waals surface area contributed by atoms with Crippen molar-refractivity contribution in [3.05, 3.63) is 71.6 Å². The van der Waals surface area contributed by atoms with Crippen molar-refractivity contribution in [2.45, 2.75) is 13.0 Å². The average molecular weight is 314 g/mol. The number of alkyl carbamates (subject to hydrolysis) is 1. The third-order valence-corrected chi connectivity index (χ3v) is 3.15. The summed E-state index contributed by atoms with van der Waals surface area (Å²) in [6.45, 7) is 0.644. The van der Waals surface area contributed by atoms with Gasteiger partial charge in [0.2, 0.25) is 0 Å². The van der Waals surface area contributed by atoms with Crippen LogP contribution in [-0.2, 0) is 11.3 Å². The number of hydrogen-bond donors (Lipinski definition) is 2. The number of benzene rings is 2. The molecule has 120 valence electrons. The molecule has 0 aliphatic heterocycles. The van der Waals surface area contributed by atoms with Crippen LogP contribution in [0, 0.1) is 5.82 Å². The van der Waals surface area contributed by atoms with E-state index < -0.39 is 11.9 Å². The molecule has 1 amide bonds. The van der Waals surface area contributed by atoms with Gasteiger partial charge in [-0.2, -0.15) is 0 Å². The van der Waals surface area contributed by atoms with Crippen molar-refractivity contribution >= 4 is 17.9 Å². The Morgan fingerprint density at radius 1 is 1.17 bits per heavy atom. The Kier molecular flexibility index (Phi) is 6.17. The number of amides is 1. The maximum Gasteiger partial charge on any atom is 0.407 e. The predicted octanol–water partition coefficient (Wildman–Crippen LogP) is 3.74. The standard InChI is InChI=1S/C18H19FN2O2/c19-17-15(10-6-11-16(17)20)9-4-5-12-21-18(22)23-13-14-7-2-1-3-8-14/h1-4,6-11H,5,12-13,20H2,(H,21,22). The minimum absolute atomic E-state index is 0.120. The lowest BCUT2D eigenvalue weighted by molar-refractivity contribution is 0.140. The molecule has 4 nitrogen and oxygen atoms in total. The summed E-state index contributed by atoms with van der Waals surface area (Å²) in [5, 5.41) is 2.63. The van der Waals surface area contributed by atoms with Crippen molar-refractivity contribution in [2.75, 3.05) is 12.3 Å². The van der Waals surface area contributed by atoms with E-state index in [4.69, 9.17) is 10.5 Å². The summed E-state index contributed by atoms with van der Waals surface area (Å²) in [7, 11) is 0. The van der Waals surface area contributed by atoms with Gasteiger partial charge in [0.25, 0.3) is 0 Å². The highest BCUT2D eigenvalue weighted by molar-refractivity contribution is 5.67. The monoisotopic (exact) mass is 314 g/mol. The predicted molar refractivity (Wildman–Crippen MR) is 89.1 cm³/mol. The van der Waals surface area contributed by atoms with Crippen LogP contribution in [0.2, 0.25) is 0 Å². The second-order valence-corrected chi connectivity index (χ2v) is 4.93. The molecule has 0 atom stereocenters. The Morgan fingerprint density at radius 3 is 2.74 bits per heavy atom. The highest BCUT2D eigenvalue weighted by Crippen LogP contribution is 2.15. The Bertz CT molecular complexity index is 672. The third-order valence-electron chi connectivity index (χ3n) is 3.15. The third kappa shape index (κ3) is 5.47. The zero-order valence-corrected chi connectivity index (χ0v) is 12.7. The molecular weight excluding hydrogens is 295 g/mol. The highest BCUT2D eigenvalue weighted by Gasteiger charge is 2.02. The van der Waals surface area contributed by atoms with E-state index in [0.717, 1.165) is 5.56 Å². The maximum atomic E-state index is 13.6. The van der Waals surface area contributed by atoms with Crippen molar-refractivity contribution in [3.63, 3.8) is 0 Å². The molecule has 0 aromatic heterocycles. The molecule has 0 saturated carbocycles. The molecule has 2 rings (SSSR count). The fraction of sp³-hybridized carbons (Fsp3) is 0.167. The fourth-order valence-corrected chi connectivity index (χ4v) is 1.94. The normalized spacial score (nSPS) is 10.7. The molecule has 0 saturated heterocycles. The number of ether oxygens (including phenoxy) is 1. The number of nitrogen functional groups attached to an aromatic ring is 1. The first-order chi connectivity index (χ1) is 11.2. The molecule has 0 spiro atoms. The highest BCUT2D eigenvalue weighted by atomic mass is 19.1. The van der Waals surface area contributed by atoms with Crippen LogP contribution in [0.3, 0.4) is 0 Å². The van der Waals surface area contributed by atoms with Gasteiger partial charge in [0, 0.05) is 12.1 Å². The second-order valence-electron chi connectivity index (χ2n) is 4.93. The van der Waals surface area contributed by atoms with Gasteiger partial charge in [-0.3, -0.25) is 0 Å². The summed E-state index contributed by atoms with van der Waals surface area (Å²) >= 11 is 0. The molecule has 0 radical (unpaired) electrons. The van der Waals surface area contributed by atoms with Crippen molar-refractivity contribution in [1.82, 2.24) is 5.32 Å². The van der Waals surface area contributed by atoms with Gasteiger partial charge < -0.3 is 15.8 Å². The summed E-state index contributed by atoms with van der Waals surface area (Å²) in [6, 6.07) is 14.3. The van der Waals surface area contributed by atoms with Gasteiger partial charge in [0.15, 0.2) is 5.82 Å². The number of anilines is 1. The zero-order valence-electron chi connectivity index (χ0n) is 12.7. The van der Waals surface area contributed by atoms with Gasteiger partial charge in [0.1, 0.15) is 6.61 Å². The lowest BCUT2D eigenvalue weighted by Gasteiger charge is -2.06. The van der Waals surface area contributed by atoms with Gasteiger partial charge in [-0.25, -0.2) is 9.18 Å². The summed E-state index contributed by atoms with van der Waals surface area (Å²) in [5.74, 6) is -0.431. The van der Waals surface area contributed by atoms with Crippen LogP contribution in [0.4, 0.5) is 14.9 Å². The number of carbonyl (C=O) groups excluding carboxylic acids is 1. The molecule has 3 N–H and O–H groups in total. The first-order valence-electron chi connectivity index (χ1n) is 7.32. The van der Waals surface area contributed by atoms with Gasteiger partial charge in [-0.1, -0.05) is 54.6 Å². The van der Waals surface area contributed by atoms with E-state index in [1.165, 1.54) is 6.07 Å². The first kappa shape index (κ1) is 16.5. The Balaban J connectivity index is 1.67. The molecule has 23 heavy (non-hydrogen) atoms. The van der Waals surface area contributed by atoms with E-state index in [1.807, 2.05) is 30.3 Å². The molecule has 0 heterocycles. The minimum Gasteiger partial charge on any atom is -0.445 e. The maximum absolute atomic E-state index is 13.6. The van der Waals surface area contributed by atoms with Crippen LogP contribution in [0.5, 0.6) is 0 Å². The summed E-state index contributed by atoms with van der Waals surface area (Å²) in [6.07, 6.45) is 3.50. The average Bonchev–Trinajstić information content (AvgIpc) is 2.57.